The summed E-state index contributed by atoms with van der Waals surface area (Å²) in [6, 6.07) is 19.2. The van der Waals surface area contributed by atoms with Gasteiger partial charge in [-0.05, 0) is 56.7 Å². The van der Waals surface area contributed by atoms with Crippen molar-refractivity contribution in [3.63, 3.8) is 0 Å². The number of hydrogen-bond donors (Lipinski definition) is 1. The molecular weight excluding hydrogens is 450 g/mol. The van der Waals surface area contributed by atoms with Crippen molar-refractivity contribution < 1.29 is 14.4 Å². The minimum atomic E-state index is -0.548. The van der Waals surface area contributed by atoms with Crippen LogP contribution in [0.4, 0.5) is 5.69 Å². The molecule has 3 aromatic carbocycles. The molecule has 1 N–H and O–H groups in total. The Labute approximate surface area is 213 Å². The van der Waals surface area contributed by atoms with E-state index in [9.17, 15) is 14.4 Å². The van der Waals surface area contributed by atoms with Gasteiger partial charge in [0.05, 0.1) is 5.69 Å². The van der Waals surface area contributed by atoms with Crippen molar-refractivity contribution in [3.05, 3.63) is 77.4 Å². The Morgan fingerprint density at radius 1 is 1.00 bits per heavy atom. The van der Waals surface area contributed by atoms with Crippen molar-refractivity contribution in [3.8, 4) is 0 Å². The molecule has 3 aromatic rings. The number of nitrogens with zero attached hydrogens (tertiary/aromatic N) is 2. The number of anilines is 1. The van der Waals surface area contributed by atoms with Crippen molar-refractivity contribution in [2.45, 2.75) is 65.6 Å². The molecule has 0 saturated heterocycles. The van der Waals surface area contributed by atoms with Gasteiger partial charge in [0, 0.05) is 36.5 Å². The number of amides is 3. The highest BCUT2D eigenvalue weighted by Gasteiger charge is 2.31. The molecule has 1 heterocycles. The number of nitrogens with one attached hydrogen (secondary N) is 1. The first-order chi connectivity index (χ1) is 17.3. The highest BCUT2D eigenvalue weighted by atomic mass is 16.2. The maximum absolute atomic E-state index is 13.5. The van der Waals surface area contributed by atoms with Gasteiger partial charge < -0.3 is 15.1 Å². The Morgan fingerprint density at radius 2 is 1.69 bits per heavy atom. The SMILES string of the molecule is CCC(C(=O)NC(C)C)N(Cc1ccc(C)cc1)C(=O)CCCN1C(=O)c2cccc3cccc1c23. The molecule has 1 aliphatic rings. The predicted molar refractivity (Wildman–Crippen MR) is 144 cm³/mol. The van der Waals surface area contributed by atoms with Gasteiger partial charge in [-0.25, -0.2) is 0 Å². The third-order valence-corrected chi connectivity index (χ3v) is 6.71. The summed E-state index contributed by atoms with van der Waals surface area (Å²) in [5.74, 6) is -0.234. The molecule has 3 amide bonds. The van der Waals surface area contributed by atoms with Crippen LogP contribution in [0.2, 0.25) is 0 Å². The topological polar surface area (TPSA) is 69.7 Å². The smallest absolute Gasteiger partial charge is 0.258 e. The van der Waals surface area contributed by atoms with Gasteiger partial charge in [0.2, 0.25) is 11.8 Å². The average molecular weight is 486 g/mol. The van der Waals surface area contributed by atoms with Crippen LogP contribution in [0.5, 0.6) is 0 Å². The van der Waals surface area contributed by atoms with E-state index in [0.29, 0.717) is 31.5 Å². The fourth-order valence-corrected chi connectivity index (χ4v) is 4.92. The van der Waals surface area contributed by atoms with Crippen LogP contribution in [-0.2, 0) is 16.1 Å². The third-order valence-electron chi connectivity index (χ3n) is 6.71. The molecule has 0 saturated carbocycles. The molecule has 1 atom stereocenters. The Hall–Kier alpha value is -3.67. The van der Waals surface area contributed by atoms with Gasteiger partial charge in [0.1, 0.15) is 6.04 Å². The van der Waals surface area contributed by atoms with Crippen LogP contribution >= 0.6 is 0 Å². The Balaban J connectivity index is 1.48. The zero-order valence-electron chi connectivity index (χ0n) is 21.6. The summed E-state index contributed by atoms with van der Waals surface area (Å²) in [6.07, 6.45) is 1.30. The molecule has 0 radical (unpaired) electrons. The molecule has 1 unspecified atom stereocenters. The van der Waals surface area contributed by atoms with Crippen molar-refractivity contribution in [1.29, 1.82) is 0 Å². The lowest BCUT2D eigenvalue weighted by Gasteiger charge is -2.31. The van der Waals surface area contributed by atoms with Crippen molar-refractivity contribution in [2.24, 2.45) is 0 Å². The third kappa shape index (κ3) is 5.27. The number of hydrogen-bond acceptors (Lipinski definition) is 3. The largest absolute Gasteiger partial charge is 0.352 e. The molecule has 6 nitrogen and oxygen atoms in total. The monoisotopic (exact) mass is 485 g/mol. The fraction of sp³-hybridized carbons (Fsp3) is 0.367. The van der Waals surface area contributed by atoms with Crippen LogP contribution < -0.4 is 10.2 Å². The number of carbonyl (C=O) groups excluding carboxylic acids is 3. The molecule has 188 valence electrons. The molecule has 1 aliphatic heterocycles. The van der Waals surface area contributed by atoms with Crippen molar-refractivity contribution in [1.82, 2.24) is 10.2 Å². The lowest BCUT2D eigenvalue weighted by molar-refractivity contribution is -0.141. The van der Waals surface area contributed by atoms with Gasteiger partial charge in [0.25, 0.3) is 5.91 Å². The second-order valence-electron chi connectivity index (χ2n) is 9.84. The summed E-state index contributed by atoms with van der Waals surface area (Å²) >= 11 is 0. The van der Waals surface area contributed by atoms with E-state index in [4.69, 9.17) is 0 Å². The summed E-state index contributed by atoms with van der Waals surface area (Å²) in [6.45, 7) is 8.61. The van der Waals surface area contributed by atoms with Crippen LogP contribution in [0.3, 0.4) is 0 Å². The molecule has 0 fully saturated rings. The van der Waals surface area contributed by atoms with E-state index in [1.807, 2.05) is 88.4 Å². The van der Waals surface area contributed by atoms with E-state index in [0.717, 1.165) is 27.6 Å². The van der Waals surface area contributed by atoms with Crippen LogP contribution in [-0.4, -0.2) is 41.2 Å². The number of rotatable bonds is 10. The maximum atomic E-state index is 13.5. The molecule has 0 aliphatic carbocycles. The van der Waals surface area contributed by atoms with Crippen LogP contribution in [0.15, 0.2) is 60.7 Å². The summed E-state index contributed by atoms with van der Waals surface area (Å²) in [4.78, 5) is 43.0. The normalized spacial score (nSPS) is 13.4. The molecule has 0 spiro atoms. The van der Waals surface area contributed by atoms with Gasteiger partial charge in [-0.2, -0.15) is 0 Å². The lowest BCUT2D eigenvalue weighted by Crippen LogP contribution is -2.50. The first-order valence-electron chi connectivity index (χ1n) is 12.8. The first-order valence-corrected chi connectivity index (χ1v) is 12.8. The summed E-state index contributed by atoms with van der Waals surface area (Å²) in [5.41, 5.74) is 3.75. The predicted octanol–water partition coefficient (Wildman–Crippen LogP) is 5.22. The summed E-state index contributed by atoms with van der Waals surface area (Å²) in [7, 11) is 0. The fourth-order valence-electron chi connectivity index (χ4n) is 4.92. The van der Waals surface area contributed by atoms with E-state index < -0.39 is 6.04 Å². The Kier molecular flexibility index (Phi) is 7.73. The summed E-state index contributed by atoms with van der Waals surface area (Å²) < 4.78 is 0. The molecule has 6 heteroatoms. The quantitative estimate of drug-likeness (QED) is 0.428. The van der Waals surface area contributed by atoms with Gasteiger partial charge in [-0.3, -0.25) is 14.4 Å². The Bertz CT molecular complexity index is 1260. The lowest BCUT2D eigenvalue weighted by atomic mass is 10.1. The number of carbonyl (C=O) groups is 3. The van der Waals surface area contributed by atoms with Gasteiger partial charge in [-0.15, -0.1) is 0 Å². The maximum Gasteiger partial charge on any atom is 0.258 e. The van der Waals surface area contributed by atoms with E-state index >= 15 is 0 Å². The van der Waals surface area contributed by atoms with E-state index in [2.05, 4.69) is 5.32 Å². The molecule has 0 bridgehead atoms. The molecule has 4 rings (SSSR count). The number of benzene rings is 3. The standard InChI is InChI=1S/C30H35N3O3/c1-5-25(29(35)31-20(2)3)33(19-22-16-14-21(4)15-17-22)27(34)13-8-18-32-26-12-7-10-23-9-6-11-24(28(23)26)30(32)36/h6-7,9-12,14-17,20,25H,5,8,13,18-19H2,1-4H3,(H,31,35). The van der Waals surface area contributed by atoms with E-state index in [-0.39, 0.29) is 30.2 Å². The Morgan fingerprint density at radius 3 is 2.36 bits per heavy atom. The second-order valence-corrected chi connectivity index (χ2v) is 9.84. The number of aryl methyl sites for hydroxylation is 1. The van der Waals surface area contributed by atoms with E-state index in [1.165, 1.54) is 0 Å². The highest BCUT2D eigenvalue weighted by molar-refractivity contribution is 6.25. The second kappa shape index (κ2) is 10.9. The van der Waals surface area contributed by atoms with E-state index in [1.54, 1.807) is 9.80 Å². The summed E-state index contributed by atoms with van der Waals surface area (Å²) in [5, 5.41) is 4.99. The zero-order chi connectivity index (χ0) is 25.8. The van der Waals surface area contributed by atoms with Crippen molar-refractivity contribution in [2.75, 3.05) is 11.4 Å². The minimum Gasteiger partial charge on any atom is -0.352 e. The highest BCUT2D eigenvalue weighted by Crippen LogP contribution is 2.37. The van der Waals surface area contributed by atoms with Crippen LogP contribution in [0.25, 0.3) is 10.8 Å². The van der Waals surface area contributed by atoms with Gasteiger partial charge in [0.15, 0.2) is 0 Å². The average Bonchev–Trinajstić information content (AvgIpc) is 3.12. The van der Waals surface area contributed by atoms with Gasteiger partial charge >= 0.3 is 0 Å². The zero-order valence-corrected chi connectivity index (χ0v) is 21.6. The van der Waals surface area contributed by atoms with Crippen molar-refractivity contribution >= 4 is 34.2 Å². The van der Waals surface area contributed by atoms with Gasteiger partial charge in [-0.1, -0.05) is 61.0 Å². The van der Waals surface area contributed by atoms with Crippen LogP contribution in [0, 0.1) is 6.92 Å². The minimum absolute atomic E-state index is 0.00611. The van der Waals surface area contributed by atoms with Crippen LogP contribution in [0.1, 0.15) is 61.5 Å². The first kappa shape index (κ1) is 25.4. The molecular formula is C30H35N3O3. The molecule has 0 aromatic heterocycles. The molecule has 36 heavy (non-hydrogen) atoms.